The Morgan fingerprint density at radius 1 is 1.17 bits per heavy atom. The van der Waals surface area contributed by atoms with Crippen LogP contribution in [0.15, 0.2) is 40.3 Å². The fraction of sp³-hybridized carbons (Fsp3) is 0.353. The van der Waals surface area contributed by atoms with Gasteiger partial charge in [-0.2, -0.15) is 4.98 Å². The standard InChI is InChI=1S/C17H21N5OS/c1-12-3-5-14(6-4-12)24-15-11-19-17(18)20-16(15)22-9-7-21(8-10-22)13(2)23/h3-6,11H,7-10H2,1-2H3,(H2,18,19,20). The fourth-order valence-electron chi connectivity index (χ4n) is 2.64. The molecule has 0 unspecified atom stereocenters. The van der Waals surface area contributed by atoms with Gasteiger partial charge >= 0.3 is 0 Å². The molecule has 1 aromatic heterocycles. The van der Waals surface area contributed by atoms with Gasteiger partial charge in [-0.15, -0.1) is 0 Å². The van der Waals surface area contributed by atoms with Gasteiger partial charge in [-0.1, -0.05) is 29.5 Å². The summed E-state index contributed by atoms with van der Waals surface area (Å²) in [4.78, 5) is 26.2. The number of carbonyl (C=O) groups is 1. The highest BCUT2D eigenvalue weighted by Crippen LogP contribution is 2.34. The minimum atomic E-state index is 0.117. The molecule has 0 atom stereocenters. The maximum absolute atomic E-state index is 11.5. The van der Waals surface area contributed by atoms with Gasteiger partial charge in [0.25, 0.3) is 0 Å². The Hall–Kier alpha value is -2.28. The predicted octanol–water partition coefficient (Wildman–Crippen LogP) is 2.19. The van der Waals surface area contributed by atoms with Crippen molar-refractivity contribution in [3.05, 3.63) is 36.0 Å². The van der Waals surface area contributed by atoms with E-state index >= 15 is 0 Å². The highest BCUT2D eigenvalue weighted by molar-refractivity contribution is 7.99. The van der Waals surface area contributed by atoms with E-state index in [1.54, 1.807) is 24.9 Å². The summed E-state index contributed by atoms with van der Waals surface area (Å²) in [6, 6.07) is 8.36. The zero-order valence-corrected chi connectivity index (χ0v) is 14.7. The molecule has 0 aliphatic carbocycles. The first-order chi connectivity index (χ1) is 11.5. The van der Waals surface area contributed by atoms with Crippen LogP contribution in [0.3, 0.4) is 0 Å². The third-order valence-electron chi connectivity index (χ3n) is 4.03. The Kier molecular flexibility index (Phi) is 4.89. The van der Waals surface area contributed by atoms with Gasteiger partial charge in [0.1, 0.15) is 5.82 Å². The highest BCUT2D eigenvalue weighted by Gasteiger charge is 2.22. The molecule has 1 aliphatic rings. The fourth-order valence-corrected chi connectivity index (χ4v) is 3.54. The maximum atomic E-state index is 11.5. The van der Waals surface area contributed by atoms with Crippen LogP contribution in [0.4, 0.5) is 11.8 Å². The number of aryl methyl sites for hydroxylation is 1. The number of aromatic nitrogens is 2. The summed E-state index contributed by atoms with van der Waals surface area (Å²) in [6.07, 6.45) is 1.78. The Balaban J connectivity index is 1.81. The number of piperazine rings is 1. The van der Waals surface area contributed by atoms with Crippen LogP contribution in [-0.4, -0.2) is 47.0 Å². The largest absolute Gasteiger partial charge is 0.368 e. The number of hydrogen-bond donors (Lipinski definition) is 1. The van der Waals surface area contributed by atoms with Crippen molar-refractivity contribution in [1.29, 1.82) is 0 Å². The maximum Gasteiger partial charge on any atom is 0.222 e. The summed E-state index contributed by atoms with van der Waals surface area (Å²) in [5, 5.41) is 0. The highest BCUT2D eigenvalue weighted by atomic mass is 32.2. The number of anilines is 2. The molecular formula is C17H21N5OS. The summed E-state index contributed by atoms with van der Waals surface area (Å²) < 4.78 is 0. The number of rotatable bonds is 3. The lowest BCUT2D eigenvalue weighted by atomic mass is 10.2. The second kappa shape index (κ2) is 7.09. The van der Waals surface area contributed by atoms with E-state index in [1.165, 1.54) is 5.56 Å². The van der Waals surface area contributed by atoms with Gasteiger partial charge in [0.05, 0.1) is 4.90 Å². The first kappa shape index (κ1) is 16.6. The number of nitrogen functional groups attached to an aromatic ring is 1. The van der Waals surface area contributed by atoms with Gasteiger partial charge in [0.2, 0.25) is 11.9 Å². The van der Waals surface area contributed by atoms with E-state index in [9.17, 15) is 4.79 Å². The SMILES string of the molecule is CC(=O)N1CCN(c2nc(N)ncc2Sc2ccc(C)cc2)CC1. The van der Waals surface area contributed by atoms with Crippen molar-refractivity contribution in [2.75, 3.05) is 36.8 Å². The number of carbonyl (C=O) groups excluding carboxylic acids is 1. The smallest absolute Gasteiger partial charge is 0.222 e. The molecule has 126 valence electrons. The molecule has 6 nitrogen and oxygen atoms in total. The Morgan fingerprint density at radius 2 is 1.83 bits per heavy atom. The van der Waals surface area contributed by atoms with Crippen LogP contribution in [0.1, 0.15) is 12.5 Å². The Labute approximate surface area is 146 Å². The van der Waals surface area contributed by atoms with E-state index in [4.69, 9.17) is 5.73 Å². The van der Waals surface area contributed by atoms with Gasteiger partial charge in [-0.05, 0) is 19.1 Å². The first-order valence-corrected chi connectivity index (χ1v) is 8.72. The average molecular weight is 343 g/mol. The third kappa shape index (κ3) is 3.79. The van der Waals surface area contributed by atoms with Crippen molar-refractivity contribution in [2.45, 2.75) is 23.6 Å². The van der Waals surface area contributed by atoms with E-state index in [0.717, 1.165) is 28.7 Å². The molecule has 0 radical (unpaired) electrons. The van der Waals surface area contributed by atoms with Crippen LogP contribution >= 0.6 is 11.8 Å². The lowest BCUT2D eigenvalue weighted by molar-refractivity contribution is -0.129. The number of hydrogen-bond acceptors (Lipinski definition) is 6. The monoisotopic (exact) mass is 343 g/mol. The Morgan fingerprint density at radius 3 is 2.46 bits per heavy atom. The van der Waals surface area contributed by atoms with E-state index in [2.05, 4.69) is 46.1 Å². The second-order valence-corrected chi connectivity index (χ2v) is 6.94. The number of nitrogens with two attached hydrogens (primary N) is 1. The summed E-state index contributed by atoms with van der Waals surface area (Å²) >= 11 is 1.63. The van der Waals surface area contributed by atoms with Crippen LogP contribution in [0, 0.1) is 6.92 Å². The molecule has 1 saturated heterocycles. The van der Waals surface area contributed by atoms with E-state index in [1.807, 2.05) is 4.90 Å². The molecule has 1 aromatic carbocycles. The van der Waals surface area contributed by atoms with Crippen molar-refractivity contribution in [2.24, 2.45) is 0 Å². The minimum absolute atomic E-state index is 0.117. The summed E-state index contributed by atoms with van der Waals surface area (Å²) in [7, 11) is 0. The molecule has 2 N–H and O–H groups in total. The van der Waals surface area contributed by atoms with Crippen LogP contribution < -0.4 is 10.6 Å². The van der Waals surface area contributed by atoms with Gasteiger partial charge in [-0.3, -0.25) is 4.79 Å². The molecule has 1 amide bonds. The quantitative estimate of drug-likeness (QED) is 0.921. The van der Waals surface area contributed by atoms with Crippen LogP contribution in [0.2, 0.25) is 0 Å². The topological polar surface area (TPSA) is 75.4 Å². The van der Waals surface area contributed by atoms with Crippen molar-refractivity contribution in [3.63, 3.8) is 0 Å². The second-order valence-electron chi connectivity index (χ2n) is 5.82. The predicted molar refractivity (Wildman–Crippen MR) is 96.2 cm³/mol. The van der Waals surface area contributed by atoms with Gasteiger partial charge in [0.15, 0.2) is 0 Å². The van der Waals surface area contributed by atoms with Crippen LogP contribution in [0.25, 0.3) is 0 Å². The van der Waals surface area contributed by atoms with Crippen LogP contribution in [-0.2, 0) is 4.79 Å². The van der Waals surface area contributed by atoms with Crippen LogP contribution in [0.5, 0.6) is 0 Å². The molecule has 24 heavy (non-hydrogen) atoms. The molecule has 3 rings (SSSR count). The minimum Gasteiger partial charge on any atom is -0.368 e. The molecule has 0 saturated carbocycles. The van der Waals surface area contributed by atoms with Crippen molar-refractivity contribution < 1.29 is 4.79 Å². The van der Waals surface area contributed by atoms with E-state index in [0.29, 0.717) is 13.1 Å². The third-order valence-corrected chi connectivity index (χ3v) is 5.04. The summed E-state index contributed by atoms with van der Waals surface area (Å²) in [5.74, 6) is 1.23. The molecule has 7 heteroatoms. The van der Waals surface area contributed by atoms with Crippen molar-refractivity contribution in [3.8, 4) is 0 Å². The Bertz CT molecular complexity index is 726. The van der Waals surface area contributed by atoms with Crippen molar-refractivity contribution in [1.82, 2.24) is 14.9 Å². The first-order valence-electron chi connectivity index (χ1n) is 7.90. The molecule has 2 heterocycles. The van der Waals surface area contributed by atoms with Gasteiger partial charge in [-0.25, -0.2) is 4.98 Å². The summed E-state index contributed by atoms with van der Waals surface area (Å²) in [6.45, 7) is 6.58. The molecule has 0 bridgehead atoms. The molecule has 1 fully saturated rings. The zero-order valence-electron chi connectivity index (χ0n) is 13.9. The van der Waals surface area contributed by atoms with E-state index in [-0.39, 0.29) is 11.9 Å². The average Bonchev–Trinajstić information content (AvgIpc) is 2.58. The molecule has 0 spiro atoms. The molecule has 2 aromatic rings. The van der Waals surface area contributed by atoms with Gasteiger partial charge < -0.3 is 15.5 Å². The van der Waals surface area contributed by atoms with E-state index < -0.39 is 0 Å². The molecule has 1 aliphatic heterocycles. The lowest BCUT2D eigenvalue weighted by Gasteiger charge is -2.35. The number of benzene rings is 1. The summed E-state index contributed by atoms with van der Waals surface area (Å²) in [5.41, 5.74) is 7.03. The number of nitrogens with zero attached hydrogens (tertiary/aromatic N) is 4. The lowest BCUT2D eigenvalue weighted by Crippen LogP contribution is -2.48. The van der Waals surface area contributed by atoms with Crippen molar-refractivity contribution >= 4 is 29.4 Å². The number of amides is 1. The normalized spacial score (nSPS) is 14.8. The molecular weight excluding hydrogens is 322 g/mol. The van der Waals surface area contributed by atoms with Gasteiger partial charge in [0, 0.05) is 44.2 Å². The zero-order chi connectivity index (χ0) is 17.1.